The minimum Gasteiger partial charge on any atom is -0.493 e. The minimum absolute atomic E-state index is 0.0258. The molecule has 1 aliphatic carbocycles. The molecule has 0 aliphatic heterocycles. The number of rotatable bonds is 6. The number of methoxy groups -OCH3 is 1. The molecule has 1 amide bonds. The molecule has 1 saturated carbocycles. The molecule has 2 rings (SSSR count). The number of ether oxygens (including phenoxy) is 2. The number of hydrogen-bond acceptors (Lipinski definition) is 3. The second-order valence-corrected chi connectivity index (χ2v) is 7.25. The highest BCUT2D eigenvalue weighted by molar-refractivity contribution is 5.97. The fraction of sp³-hybridized carbons (Fsp3) is 0.650. The molecule has 0 saturated heterocycles. The van der Waals surface area contributed by atoms with E-state index in [0.29, 0.717) is 12.5 Å². The van der Waals surface area contributed by atoms with E-state index < -0.39 is 5.60 Å². The van der Waals surface area contributed by atoms with E-state index in [1.54, 1.807) is 7.11 Å². The molecule has 1 aliphatic rings. The van der Waals surface area contributed by atoms with Gasteiger partial charge in [-0.1, -0.05) is 39.5 Å². The number of carbonyl (C=O) groups is 1. The fourth-order valence-electron chi connectivity index (χ4n) is 3.21. The van der Waals surface area contributed by atoms with E-state index >= 15 is 0 Å². The summed E-state index contributed by atoms with van der Waals surface area (Å²) in [6, 6.07) is 5.80. The van der Waals surface area contributed by atoms with E-state index in [-0.39, 0.29) is 5.91 Å². The van der Waals surface area contributed by atoms with Gasteiger partial charge < -0.3 is 14.8 Å². The fourth-order valence-corrected chi connectivity index (χ4v) is 3.21. The molecule has 0 bridgehead atoms. The molecule has 1 aromatic rings. The Labute approximate surface area is 145 Å². The third-order valence-corrected chi connectivity index (χ3v) is 4.72. The Morgan fingerprint density at radius 3 is 2.42 bits per heavy atom. The summed E-state index contributed by atoms with van der Waals surface area (Å²) in [5.74, 6) is 1.33. The highest BCUT2D eigenvalue weighted by Gasteiger charge is 2.38. The average molecular weight is 333 g/mol. The van der Waals surface area contributed by atoms with Gasteiger partial charge in [-0.3, -0.25) is 4.79 Å². The Bertz CT molecular complexity index is 546. The number of benzene rings is 1. The number of carbonyl (C=O) groups excluding carboxylic acids is 1. The Morgan fingerprint density at radius 1 is 1.21 bits per heavy atom. The van der Waals surface area contributed by atoms with Crippen LogP contribution in [0.2, 0.25) is 0 Å². The number of amides is 1. The Hall–Kier alpha value is -1.55. The molecule has 24 heavy (non-hydrogen) atoms. The van der Waals surface area contributed by atoms with E-state index in [1.165, 1.54) is 12.8 Å². The zero-order chi connectivity index (χ0) is 17.6. The summed E-state index contributed by atoms with van der Waals surface area (Å²) < 4.78 is 11.5. The molecule has 0 radical (unpaired) electrons. The van der Waals surface area contributed by atoms with Gasteiger partial charge in [0.15, 0.2) is 0 Å². The third kappa shape index (κ3) is 4.73. The second-order valence-electron chi connectivity index (χ2n) is 7.25. The van der Waals surface area contributed by atoms with E-state index in [0.717, 1.165) is 42.7 Å². The van der Waals surface area contributed by atoms with Crippen LogP contribution in [0, 0.1) is 12.8 Å². The summed E-state index contributed by atoms with van der Waals surface area (Å²) in [7, 11) is 1.65. The smallest absolute Gasteiger partial charge is 0.256 e. The van der Waals surface area contributed by atoms with Crippen LogP contribution in [0.25, 0.3) is 0 Å². The zero-order valence-electron chi connectivity index (χ0n) is 15.5. The summed E-state index contributed by atoms with van der Waals surface area (Å²) >= 11 is 0. The van der Waals surface area contributed by atoms with Gasteiger partial charge in [-0.05, 0) is 49.4 Å². The van der Waals surface area contributed by atoms with Crippen LogP contribution in [0.15, 0.2) is 18.2 Å². The number of aryl methyl sites for hydroxylation is 1. The lowest BCUT2D eigenvalue weighted by atomic mass is 9.93. The first-order chi connectivity index (χ1) is 11.5. The molecule has 0 atom stereocenters. The Morgan fingerprint density at radius 2 is 1.88 bits per heavy atom. The minimum atomic E-state index is -0.683. The first kappa shape index (κ1) is 18.8. The van der Waals surface area contributed by atoms with E-state index in [4.69, 9.17) is 9.47 Å². The summed E-state index contributed by atoms with van der Waals surface area (Å²) in [6.07, 6.45) is 6.04. The summed E-state index contributed by atoms with van der Waals surface area (Å²) in [6.45, 7) is 6.95. The maximum atomic E-state index is 12.8. The SMILES string of the molecule is COC1(C(=O)Nc2ccc(OCC(C)C)c(C)c2)CCCCCC1. The monoisotopic (exact) mass is 333 g/mol. The van der Waals surface area contributed by atoms with Crippen molar-refractivity contribution in [3.05, 3.63) is 23.8 Å². The van der Waals surface area contributed by atoms with Gasteiger partial charge in [0, 0.05) is 12.8 Å². The van der Waals surface area contributed by atoms with Crippen LogP contribution in [0.1, 0.15) is 57.9 Å². The van der Waals surface area contributed by atoms with Gasteiger partial charge >= 0.3 is 0 Å². The Kier molecular flexibility index (Phi) is 6.67. The van der Waals surface area contributed by atoms with Crippen LogP contribution in [0.3, 0.4) is 0 Å². The van der Waals surface area contributed by atoms with Crippen molar-refractivity contribution in [3.63, 3.8) is 0 Å². The molecule has 0 heterocycles. The van der Waals surface area contributed by atoms with Crippen molar-refractivity contribution in [2.45, 2.75) is 64.9 Å². The third-order valence-electron chi connectivity index (χ3n) is 4.72. The van der Waals surface area contributed by atoms with E-state index in [2.05, 4.69) is 19.2 Å². The average Bonchev–Trinajstić information content (AvgIpc) is 2.80. The van der Waals surface area contributed by atoms with Crippen molar-refractivity contribution in [1.82, 2.24) is 0 Å². The van der Waals surface area contributed by atoms with E-state index in [1.807, 2.05) is 25.1 Å². The molecule has 1 fully saturated rings. The van der Waals surface area contributed by atoms with Gasteiger partial charge in [0.1, 0.15) is 11.4 Å². The summed E-state index contributed by atoms with van der Waals surface area (Å²) in [5.41, 5.74) is 1.15. The normalized spacial score (nSPS) is 17.4. The lowest BCUT2D eigenvalue weighted by Gasteiger charge is -2.30. The quantitative estimate of drug-likeness (QED) is 0.767. The van der Waals surface area contributed by atoms with Crippen LogP contribution < -0.4 is 10.1 Å². The largest absolute Gasteiger partial charge is 0.493 e. The van der Waals surface area contributed by atoms with Gasteiger partial charge in [-0.25, -0.2) is 0 Å². The van der Waals surface area contributed by atoms with Gasteiger partial charge in [0.05, 0.1) is 6.61 Å². The van der Waals surface area contributed by atoms with Crippen LogP contribution in [0.5, 0.6) is 5.75 Å². The number of anilines is 1. The van der Waals surface area contributed by atoms with E-state index in [9.17, 15) is 4.79 Å². The lowest BCUT2D eigenvalue weighted by Crippen LogP contribution is -2.44. The molecule has 0 spiro atoms. The molecule has 4 heteroatoms. The van der Waals surface area contributed by atoms with Gasteiger partial charge in [0.25, 0.3) is 5.91 Å². The molecular formula is C20H31NO3. The molecule has 134 valence electrons. The first-order valence-electron chi connectivity index (χ1n) is 9.07. The van der Waals surface area contributed by atoms with Crippen molar-refractivity contribution in [2.75, 3.05) is 19.0 Å². The topological polar surface area (TPSA) is 47.6 Å². The number of nitrogens with one attached hydrogen (secondary N) is 1. The first-order valence-corrected chi connectivity index (χ1v) is 9.07. The molecule has 4 nitrogen and oxygen atoms in total. The maximum absolute atomic E-state index is 12.8. The van der Waals surface area contributed by atoms with Crippen LogP contribution in [-0.2, 0) is 9.53 Å². The molecule has 1 N–H and O–H groups in total. The van der Waals surface area contributed by atoms with Crippen molar-refractivity contribution in [1.29, 1.82) is 0 Å². The van der Waals surface area contributed by atoms with Crippen molar-refractivity contribution >= 4 is 11.6 Å². The van der Waals surface area contributed by atoms with Gasteiger partial charge in [0.2, 0.25) is 0 Å². The molecule has 1 aromatic carbocycles. The maximum Gasteiger partial charge on any atom is 0.256 e. The van der Waals surface area contributed by atoms with Crippen molar-refractivity contribution < 1.29 is 14.3 Å². The highest BCUT2D eigenvalue weighted by atomic mass is 16.5. The molecular weight excluding hydrogens is 302 g/mol. The summed E-state index contributed by atoms with van der Waals surface area (Å²) in [4.78, 5) is 12.8. The Balaban J connectivity index is 2.06. The van der Waals surface area contributed by atoms with Crippen LogP contribution in [-0.4, -0.2) is 25.2 Å². The predicted octanol–water partition coefficient (Wildman–Crippen LogP) is 4.71. The van der Waals surface area contributed by atoms with Gasteiger partial charge in [-0.2, -0.15) is 0 Å². The lowest BCUT2D eigenvalue weighted by molar-refractivity contribution is -0.139. The predicted molar refractivity (Wildman–Crippen MR) is 97.6 cm³/mol. The molecule has 0 unspecified atom stereocenters. The highest BCUT2D eigenvalue weighted by Crippen LogP contribution is 2.32. The number of hydrogen-bond donors (Lipinski definition) is 1. The standard InChI is InChI=1S/C20H31NO3/c1-15(2)14-24-18-10-9-17(13-16(18)3)21-19(22)20(23-4)11-7-5-6-8-12-20/h9-10,13,15H,5-8,11-12,14H2,1-4H3,(H,21,22). The van der Waals surface area contributed by atoms with Crippen molar-refractivity contribution in [2.24, 2.45) is 5.92 Å². The zero-order valence-corrected chi connectivity index (χ0v) is 15.5. The summed E-state index contributed by atoms with van der Waals surface area (Å²) in [5, 5.41) is 3.04. The van der Waals surface area contributed by atoms with Gasteiger partial charge in [-0.15, -0.1) is 0 Å². The van der Waals surface area contributed by atoms with Crippen LogP contribution in [0.4, 0.5) is 5.69 Å². The molecule has 0 aromatic heterocycles. The second kappa shape index (κ2) is 8.52. The van der Waals surface area contributed by atoms with Crippen molar-refractivity contribution in [3.8, 4) is 5.75 Å². The van der Waals surface area contributed by atoms with Crippen LogP contribution >= 0.6 is 0 Å².